The van der Waals surface area contributed by atoms with Gasteiger partial charge in [-0.15, -0.1) is 0 Å². The van der Waals surface area contributed by atoms with Crippen LogP contribution in [0.2, 0.25) is 0 Å². The highest BCUT2D eigenvalue weighted by Gasteiger charge is 2.22. The summed E-state index contributed by atoms with van der Waals surface area (Å²) in [4.78, 5) is 6.96. The zero-order valence-electron chi connectivity index (χ0n) is 11.5. The number of nitrogens with zero attached hydrogens (tertiary/aromatic N) is 2. The molecule has 2 unspecified atom stereocenters. The lowest BCUT2D eigenvalue weighted by molar-refractivity contribution is 0.0925. The molecule has 1 aliphatic heterocycles. The average molecular weight is 249 g/mol. The molecule has 1 aromatic rings. The first-order valence-electron chi connectivity index (χ1n) is 6.73. The summed E-state index contributed by atoms with van der Waals surface area (Å²) in [6, 6.07) is 5.08. The molecular weight excluding hydrogens is 226 g/mol. The molecule has 0 saturated carbocycles. The van der Waals surface area contributed by atoms with Crippen molar-refractivity contribution in [3.05, 3.63) is 23.9 Å². The lowest BCUT2D eigenvalue weighted by atomic mass is 10.1. The van der Waals surface area contributed by atoms with Crippen molar-refractivity contribution in [1.82, 2.24) is 10.3 Å². The Balaban J connectivity index is 2.12. The minimum Gasteiger partial charge on any atom is -0.377 e. The van der Waals surface area contributed by atoms with E-state index < -0.39 is 0 Å². The van der Waals surface area contributed by atoms with Gasteiger partial charge in [0.05, 0.1) is 19.3 Å². The third kappa shape index (κ3) is 2.82. The van der Waals surface area contributed by atoms with Crippen LogP contribution in [0.4, 0.5) is 5.82 Å². The van der Waals surface area contributed by atoms with Crippen molar-refractivity contribution in [2.75, 3.05) is 31.7 Å². The zero-order chi connectivity index (χ0) is 13.0. The quantitative estimate of drug-likeness (QED) is 0.885. The Morgan fingerprint density at radius 3 is 3.00 bits per heavy atom. The van der Waals surface area contributed by atoms with E-state index in [1.807, 2.05) is 13.2 Å². The summed E-state index contributed by atoms with van der Waals surface area (Å²) in [6.07, 6.45) is 3.06. The van der Waals surface area contributed by atoms with Gasteiger partial charge in [0.2, 0.25) is 0 Å². The summed E-state index contributed by atoms with van der Waals surface area (Å²) in [5, 5.41) is 3.23. The third-order valence-corrected chi connectivity index (χ3v) is 3.70. The molecule has 18 heavy (non-hydrogen) atoms. The molecule has 0 spiro atoms. The molecule has 1 N–H and O–H groups in total. The Kier molecular flexibility index (Phi) is 4.55. The van der Waals surface area contributed by atoms with E-state index in [1.165, 1.54) is 5.56 Å². The predicted molar refractivity (Wildman–Crippen MR) is 74.0 cm³/mol. The van der Waals surface area contributed by atoms with E-state index in [9.17, 15) is 0 Å². The van der Waals surface area contributed by atoms with Crippen LogP contribution in [0.5, 0.6) is 0 Å². The van der Waals surface area contributed by atoms with Crippen LogP contribution in [-0.2, 0) is 4.74 Å². The highest BCUT2D eigenvalue weighted by molar-refractivity contribution is 5.41. The second-order valence-electron chi connectivity index (χ2n) is 4.79. The van der Waals surface area contributed by atoms with E-state index >= 15 is 0 Å². The topological polar surface area (TPSA) is 37.4 Å². The lowest BCUT2D eigenvalue weighted by Crippen LogP contribution is -2.45. The van der Waals surface area contributed by atoms with Gasteiger partial charge in [-0.2, -0.15) is 0 Å². The molecule has 2 heterocycles. The summed E-state index contributed by atoms with van der Waals surface area (Å²) in [5.41, 5.74) is 1.22. The number of ether oxygens (including phenoxy) is 1. The maximum Gasteiger partial charge on any atom is 0.128 e. The molecule has 1 aliphatic rings. The Hall–Kier alpha value is -1.13. The van der Waals surface area contributed by atoms with Gasteiger partial charge in [-0.05, 0) is 32.0 Å². The summed E-state index contributed by atoms with van der Waals surface area (Å²) in [7, 11) is 1.97. The number of pyridine rings is 1. The van der Waals surface area contributed by atoms with Crippen LogP contribution in [0.25, 0.3) is 0 Å². The van der Waals surface area contributed by atoms with Gasteiger partial charge in [0, 0.05) is 18.8 Å². The van der Waals surface area contributed by atoms with Crippen LogP contribution in [0.15, 0.2) is 18.3 Å². The van der Waals surface area contributed by atoms with E-state index in [4.69, 9.17) is 4.74 Å². The molecule has 0 radical (unpaired) electrons. The molecule has 2 atom stereocenters. The number of nitrogens with one attached hydrogen (secondary N) is 1. The number of anilines is 1. The molecule has 4 heteroatoms. The fraction of sp³-hybridized carbons (Fsp3) is 0.643. The second kappa shape index (κ2) is 6.16. The standard InChI is InChI=1S/C14H23N3O/c1-4-13-10-18-8-7-17(13)14-6-5-12(9-16-14)11(2)15-3/h5-6,9,11,13,15H,4,7-8,10H2,1-3H3. The smallest absolute Gasteiger partial charge is 0.128 e. The van der Waals surface area contributed by atoms with Crippen LogP contribution in [0, 0.1) is 0 Å². The predicted octanol–water partition coefficient (Wildman–Crippen LogP) is 1.98. The van der Waals surface area contributed by atoms with Gasteiger partial charge in [-0.1, -0.05) is 13.0 Å². The maximum absolute atomic E-state index is 5.52. The molecule has 0 amide bonds. The van der Waals surface area contributed by atoms with Gasteiger partial charge in [0.25, 0.3) is 0 Å². The van der Waals surface area contributed by atoms with E-state index in [0.717, 1.165) is 32.0 Å². The summed E-state index contributed by atoms with van der Waals surface area (Å²) < 4.78 is 5.52. The van der Waals surface area contributed by atoms with Gasteiger partial charge in [-0.3, -0.25) is 0 Å². The molecule has 0 aliphatic carbocycles. The van der Waals surface area contributed by atoms with Gasteiger partial charge in [0.15, 0.2) is 0 Å². The zero-order valence-corrected chi connectivity index (χ0v) is 11.5. The highest BCUT2D eigenvalue weighted by atomic mass is 16.5. The molecule has 1 aromatic heterocycles. The molecular formula is C14H23N3O. The fourth-order valence-corrected chi connectivity index (χ4v) is 2.28. The monoisotopic (exact) mass is 249 g/mol. The van der Waals surface area contributed by atoms with Crippen molar-refractivity contribution >= 4 is 5.82 Å². The Bertz CT molecular complexity index is 366. The minimum atomic E-state index is 0.346. The van der Waals surface area contributed by atoms with Crippen LogP contribution in [0.1, 0.15) is 31.9 Å². The first kappa shape index (κ1) is 13.3. The number of morpholine rings is 1. The van der Waals surface area contributed by atoms with Crippen molar-refractivity contribution in [3.63, 3.8) is 0 Å². The van der Waals surface area contributed by atoms with Crippen molar-refractivity contribution < 1.29 is 4.74 Å². The summed E-state index contributed by atoms with van der Waals surface area (Å²) >= 11 is 0. The fourth-order valence-electron chi connectivity index (χ4n) is 2.28. The van der Waals surface area contributed by atoms with Crippen molar-refractivity contribution in [2.45, 2.75) is 32.4 Å². The normalized spacial score (nSPS) is 21.9. The molecule has 2 rings (SSSR count). The second-order valence-corrected chi connectivity index (χ2v) is 4.79. The SMILES string of the molecule is CCC1COCCN1c1ccc(C(C)NC)cn1. The first-order chi connectivity index (χ1) is 8.76. The number of hydrogen-bond donors (Lipinski definition) is 1. The van der Waals surface area contributed by atoms with Crippen LogP contribution in [-0.4, -0.2) is 37.8 Å². The Labute approximate surface area is 109 Å². The number of aromatic nitrogens is 1. The molecule has 0 bridgehead atoms. The van der Waals surface area contributed by atoms with E-state index in [2.05, 4.69) is 41.2 Å². The van der Waals surface area contributed by atoms with Crippen LogP contribution >= 0.6 is 0 Å². The van der Waals surface area contributed by atoms with Crippen LogP contribution in [0.3, 0.4) is 0 Å². The van der Waals surface area contributed by atoms with Crippen molar-refractivity contribution in [3.8, 4) is 0 Å². The highest BCUT2D eigenvalue weighted by Crippen LogP contribution is 2.20. The molecule has 0 aromatic carbocycles. The molecule has 1 fully saturated rings. The minimum absolute atomic E-state index is 0.346. The van der Waals surface area contributed by atoms with Crippen molar-refractivity contribution in [2.24, 2.45) is 0 Å². The summed E-state index contributed by atoms with van der Waals surface area (Å²) in [6.45, 7) is 6.89. The van der Waals surface area contributed by atoms with Crippen molar-refractivity contribution in [1.29, 1.82) is 0 Å². The van der Waals surface area contributed by atoms with Gasteiger partial charge in [0.1, 0.15) is 5.82 Å². The number of hydrogen-bond acceptors (Lipinski definition) is 4. The third-order valence-electron chi connectivity index (χ3n) is 3.70. The van der Waals surface area contributed by atoms with Crippen LogP contribution < -0.4 is 10.2 Å². The van der Waals surface area contributed by atoms with E-state index in [0.29, 0.717) is 12.1 Å². The number of rotatable bonds is 4. The average Bonchev–Trinajstić information content (AvgIpc) is 2.46. The molecule has 4 nitrogen and oxygen atoms in total. The molecule has 100 valence electrons. The van der Waals surface area contributed by atoms with E-state index in [1.54, 1.807) is 0 Å². The molecule has 1 saturated heterocycles. The first-order valence-corrected chi connectivity index (χ1v) is 6.73. The van der Waals surface area contributed by atoms with Gasteiger partial charge >= 0.3 is 0 Å². The maximum atomic E-state index is 5.52. The van der Waals surface area contributed by atoms with E-state index in [-0.39, 0.29) is 0 Å². The Morgan fingerprint density at radius 1 is 1.56 bits per heavy atom. The largest absolute Gasteiger partial charge is 0.377 e. The lowest BCUT2D eigenvalue weighted by Gasteiger charge is -2.36. The Morgan fingerprint density at radius 2 is 2.39 bits per heavy atom. The summed E-state index contributed by atoms with van der Waals surface area (Å²) in [5.74, 6) is 1.07. The van der Waals surface area contributed by atoms with Gasteiger partial charge < -0.3 is 15.0 Å². The van der Waals surface area contributed by atoms with Gasteiger partial charge in [-0.25, -0.2) is 4.98 Å².